The summed E-state index contributed by atoms with van der Waals surface area (Å²) in [6.45, 7) is 6.30. The van der Waals surface area contributed by atoms with Crippen LogP contribution in [0.4, 0.5) is 5.00 Å². The van der Waals surface area contributed by atoms with Crippen LogP contribution in [-0.4, -0.2) is 37.3 Å². The molecule has 0 saturated heterocycles. The van der Waals surface area contributed by atoms with Gasteiger partial charge in [-0.05, 0) is 31.5 Å². The monoisotopic (exact) mass is 419 g/mol. The molecule has 0 spiro atoms. The molecule has 1 unspecified atom stereocenters. The molecule has 1 aliphatic rings. The Hall–Kier alpha value is -1.83. The van der Waals surface area contributed by atoms with Gasteiger partial charge in [-0.3, -0.25) is 4.79 Å². The molecule has 150 valence electrons. The van der Waals surface area contributed by atoms with E-state index >= 15 is 0 Å². The maximum Gasteiger partial charge on any atom is 0.341 e. The second-order valence-electron chi connectivity index (χ2n) is 7.15. The number of amides is 1. The fourth-order valence-corrected chi connectivity index (χ4v) is 5.54. The van der Waals surface area contributed by atoms with Crippen molar-refractivity contribution < 1.29 is 19.2 Å². The van der Waals surface area contributed by atoms with Gasteiger partial charge in [-0.2, -0.15) is 0 Å². The Labute approximate surface area is 174 Å². The van der Waals surface area contributed by atoms with Gasteiger partial charge in [-0.25, -0.2) is 4.79 Å². The van der Waals surface area contributed by atoms with Crippen LogP contribution in [0.2, 0.25) is 0 Å². The number of thiophene rings is 1. The minimum absolute atomic E-state index is 0.0692. The average molecular weight is 420 g/mol. The van der Waals surface area contributed by atoms with Gasteiger partial charge in [0.1, 0.15) is 11.5 Å². The van der Waals surface area contributed by atoms with Crippen molar-refractivity contribution in [1.29, 1.82) is 0 Å². The number of ether oxygens (including phenoxy) is 1. The van der Waals surface area contributed by atoms with E-state index in [1.165, 1.54) is 28.2 Å². The average Bonchev–Trinajstić information content (AvgIpc) is 3.05. The first kappa shape index (κ1) is 20.9. The summed E-state index contributed by atoms with van der Waals surface area (Å²) in [7, 11) is 1.39. The summed E-state index contributed by atoms with van der Waals surface area (Å²) < 4.78 is 5.00. The Morgan fingerprint density at radius 3 is 2.71 bits per heavy atom. The summed E-state index contributed by atoms with van der Waals surface area (Å²) in [6, 6.07) is 10.6. The number of quaternary nitrogens is 1. The number of hydrogen-bond acceptors (Lipinski definition) is 5. The highest BCUT2D eigenvalue weighted by atomic mass is 32.2. The number of nitrogens with one attached hydrogen (secondary N) is 2. The molecule has 2 heterocycles. The highest BCUT2D eigenvalue weighted by molar-refractivity contribution is 7.99. The number of esters is 1. The van der Waals surface area contributed by atoms with Crippen LogP contribution >= 0.6 is 23.1 Å². The smallest absolute Gasteiger partial charge is 0.341 e. The molecule has 28 heavy (non-hydrogen) atoms. The van der Waals surface area contributed by atoms with E-state index < -0.39 is 0 Å². The fraction of sp³-hybridized carbons (Fsp3) is 0.429. The Balaban J connectivity index is 1.68. The zero-order chi connectivity index (χ0) is 20.1. The number of anilines is 1. The summed E-state index contributed by atoms with van der Waals surface area (Å²) in [5.74, 6) is 0.263. The highest BCUT2D eigenvalue weighted by Gasteiger charge is 2.31. The van der Waals surface area contributed by atoms with Crippen molar-refractivity contribution >= 4 is 40.0 Å². The van der Waals surface area contributed by atoms with Gasteiger partial charge in [0, 0.05) is 23.5 Å². The maximum absolute atomic E-state index is 12.5. The first-order valence-corrected chi connectivity index (χ1v) is 11.3. The van der Waals surface area contributed by atoms with E-state index in [1.54, 1.807) is 11.8 Å². The van der Waals surface area contributed by atoms with Crippen molar-refractivity contribution in [2.75, 3.05) is 24.7 Å². The van der Waals surface area contributed by atoms with Crippen molar-refractivity contribution in [3.05, 3.63) is 46.3 Å². The first-order valence-electron chi connectivity index (χ1n) is 9.54. The molecule has 0 fully saturated rings. The number of hydrogen-bond donors (Lipinski definition) is 2. The van der Waals surface area contributed by atoms with Crippen LogP contribution in [0.3, 0.4) is 0 Å². The zero-order valence-electron chi connectivity index (χ0n) is 16.5. The van der Waals surface area contributed by atoms with Gasteiger partial charge < -0.3 is 15.0 Å². The van der Waals surface area contributed by atoms with Crippen LogP contribution in [0.1, 0.15) is 41.1 Å². The third-order valence-electron chi connectivity index (χ3n) is 4.97. The van der Waals surface area contributed by atoms with Crippen LogP contribution in [-0.2, 0) is 22.5 Å². The summed E-state index contributed by atoms with van der Waals surface area (Å²) in [5, 5.41) is 3.61. The third kappa shape index (κ3) is 4.96. The molecule has 3 rings (SSSR count). The fourth-order valence-electron chi connectivity index (χ4n) is 3.37. The summed E-state index contributed by atoms with van der Waals surface area (Å²) in [4.78, 5) is 28.7. The molecular formula is C21H27N2O3S2+. The molecule has 0 bridgehead atoms. The van der Waals surface area contributed by atoms with Crippen LogP contribution < -0.4 is 10.2 Å². The molecule has 1 aromatic heterocycles. The second kappa shape index (κ2) is 9.58. The maximum atomic E-state index is 12.5. The number of carbonyl (C=O) groups is 2. The normalized spacial score (nSPS) is 15.9. The van der Waals surface area contributed by atoms with Crippen molar-refractivity contribution in [2.45, 2.75) is 44.2 Å². The van der Waals surface area contributed by atoms with Gasteiger partial charge in [0.2, 0.25) is 5.91 Å². The van der Waals surface area contributed by atoms with Crippen LogP contribution in [0.5, 0.6) is 0 Å². The number of benzene rings is 1. The highest BCUT2D eigenvalue weighted by Crippen LogP contribution is 2.35. The van der Waals surface area contributed by atoms with Crippen molar-refractivity contribution in [2.24, 2.45) is 0 Å². The molecule has 0 saturated carbocycles. The lowest BCUT2D eigenvalue weighted by Gasteiger charge is -2.27. The van der Waals surface area contributed by atoms with E-state index in [0.717, 1.165) is 30.0 Å². The molecule has 2 aromatic rings. The molecule has 0 radical (unpaired) electrons. The number of methoxy groups -OCH3 is 1. The van der Waals surface area contributed by atoms with E-state index in [9.17, 15) is 9.59 Å². The van der Waals surface area contributed by atoms with Crippen molar-refractivity contribution in [3.63, 3.8) is 0 Å². The number of rotatable bonds is 7. The molecule has 7 heteroatoms. The zero-order valence-corrected chi connectivity index (χ0v) is 18.2. The van der Waals surface area contributed by atoms with E-state index in [1.807, 2.05) is 30.3 Å². The van der Waals surface area contributed by atoms with Crippen LogP contribution in [0.15, 0.2) is 35.2 Å². The third-order valence-corrected chi connectivity index (χ3v) is 7.14. The quantitative estimate of drug-likeness (QED) is 0.535. The van der Waals surface area contributed by atoms with Gasteiger partial charge in [-0.15, -0.1) is 23.1 Å². The van der Waals surface area contributed by atoms with E-state index in [2.05, 4.69) is 19.2 Å². The summed E-state index contributed by atoms with van der Waals surface area (Å²) in [5.41, 5.74) is 1.60. The van der Waals surface area contributed by atoms with Gasteiger partial charge >= 0.3 is 5.97 Å². The van der Waals surface area contributed by atoms with Crippen LogP contribution in [0, 0.1) is 0 Å². The number of fused-ring (bicyclic) bond motifs is 1. The minimum Gasteiger partial charge on any atom is -0.465 e. The Morgan fingerprint density at radius 2 is 2.04 bits per heavy atom. The van der Waals surface area contributed by atoms with Gasteiger partial charge in [0.05, 0.1) is 30.1 Å². The lowest BCUT2D eigenvalue weighted by atomic mass is 10.0. The van der Waals surface area contributed by atoms with Crippen LogP contribution in [0.25, 0.3) is 0 Å². The molecular weight excluding hydrogens is 392 g/mol. The van der Waals surface area contributed by atoms with E-state index in [0.29, 0.717) is 28.8 Å². The molecule has 0 aliphatic carbocycles. The summed E-state index contributed by atoms with van der Waals surface area (Å²) >= 11 is 3.18. The predicted octanol–water partition coefficient (Wildman–Crippen LogP) is 3.01. The Bertz CT molecular complexity index is 834. The number of carbonyl (C=O) groups excluding carboxylic acids is 2. The minimum atomic E-state index is -0.362. The molecule has 1 aromatic carbocycles. The van der Waals surface area contributed by atoms with Crippen molar-refractivity contribution in [1.82, 2.24) is 0 Å². The summed E-state index contributed by atoms with van der Waals surface area (Å²) in [6.07, 6.45) is 1.23. The van der Waals surface area contributed by atoms with E-state index in [-0.39, 0.29) is 11.9 Å². The standard InChI is InChI=1S/C21H26N2O3S2/c1-14(2)23-11-9-16-17(13-23)28-20(19(16)21(25)26-3)22-18(24)10-12-27-15-7-5-4-6-8-15/h4-8,14H,9-13H2,1-3H3,(H,22,24)/p+1. The van der Waals surface area contributed by atoms with Gasteiger partial charge in [-0.1, -0.05) is 18.2 Å². The van der Waals surface area contributed by atoms with Crippen molar-refractivity contribution in [3.8, 4) is 0 Å². The Morgan fingerprint density at radius 1 is 1.29 bits per heavy atom. The first-order chi connectivity index (χ1) is 13.5. The molecule has 1 amide bonds. The molecule has 2 N–H and O–H groups in total. The van der Waals surface area contributed by atoms with E-state index in [4.69, 9.17) is 4.74 Å². The lowest BCUT2D eigenvalue weighted by molar-refractivity contribution is -0.936. The second-order valence-corrected chi connectivity index (χ2v) is 9.42. The topological polar surface area (TPSA) is 59.8 Å². The van der Waals surface area contributed by atoms with Gasteiger partial charge in [0.15, 0.2) is 0 Å². The predicted molar refractivity (Wildman–Crippen MR) is 114 cm³/mol. The SMILES string of the molecule is COC(=O)c1c(NC(=O)CCSc2ccccc2)sc2c1CC[NH+](C(C)C)C2. The van der Waals surface area contributed by atoms with Gasteiger partial charge in [0.25, 0.3) is 0 Å². The lowest BCUT2D eigenvalue weighted by Crippen LogP contribution is -3.14. The Kier molecular flexibility index (Phi) is 7.15. The molecule has 1 atom stereocenters. The largest absolute Gasteiger partial charge is 0.465 e. The molecule has 1 aliphatic heterocycles. The molecule has 5 nitrogen and oxygen atoms in total. The number of thioether (sulfide) groups is 1.